The molecule has 2 nitrogen and oxygen atoms in total. The third kappa shape index (κ3) is 0.730. The molecule has 1 aliphatic carbocycles. The van der Waals surface area contributed by atoms with Crippen LogP contribution in [-0.2, 0) is 11.2 Å². The summed E-state index contributed by atoms with van der Waals surface area (Å²) >= 11 is 0. The summed E-state index contributed by atoms with van der Waals surface area (Å²) in [5, 5.41) is 0. The molecule has 0 bridgehead atoms. The Bertz CT molecular complexity index is 320. The van der Waals surface area contributed by atoms with Crippen molar-refractivity contribution >= 4 is 0 Å². The molecule has 0 aromatic heterocycles. The van der Waals surface area contributed by atoms with Gasteiger partial charge in [0.15, 0.2) is 6.79 Å². The molecule has 1 aromatic rings. The zero-order valence-corrected chi connectivity index (χ0v) is 6.75. The van der Waals surface area contributed by atoms with Crippen LogP contribution in [0.1, 0.15) is 23.7 Å². The summed E-state index contributed by atoms with van der Waals surface area (Å²) in [6.45, 7) is 0.418. The van der Waals surface area contributed by atoms with Gasteiger partial charge in [-0.15, -0.1) is 0 Å². The highest BCUT2D eigenvalue weighted by atomic mass is 16.7. The summed E-state index contributed by atoms with van der Waals surface area (Å²) in [6.07, 6.45) is 2.57. The number of aryl methyl sites for hydroxylation is 1. The van der Waals surface area contributed by atoms with E-state index in [0.29, 0.717) is 12.9 Å². The van der Waals surface area contributed by atoms with Gasteiger partial charge in [0.25, 0.3) is 0 Å². The molecule has 3 rings (SSSR count). The van der Waals surface area contributed by atoms with Gasteiger partial charge in [0, 0.05) is 5.56 Å². The van der Waals surface area contributed by atoms with Crippen molar-refractivity contribution in [1.29, 1.82) is 0 Å². The fourth-order valence-electron chi connectivity index (χ4n) is 2.08. The van der Waals surface area contributed by atoms with Gasteiger partial charge in [0.1, 0.15) is 5.75 Å². The van der Waals surface area contributed by atoms with Crippen molar-refractivity contribution in [3.8, 4) is 5.75 Å². The minimum absolute atomic E-state index is 0.310. The van der Waals surface area contributed by atoms with Crippen LogP contribution in [0.15, 0.2) is 18.2 Å². The molecule has 0 saturated carbocycles. The van der Waals surface area contributed by atoms with Gasteiger partial charge < -0.3 is 9.47 Å². The Balaban J connectivity index is 2.23. The van der Waals surface area contributed by atoms with Crippen molar-refractivity contribution in [3.63, 3.8) is 0 Å². The molecule has 2 aliphatic rings. The first-order valence-corrected chi connectivity index (χ1v) is 4.31. The van der Waals surface area contributed by atoms with Gasteiger partial charge in [0.05, 0.1) is 6.10 Å². The number of hydrogen-bond donors (Lipinski definition) is 0. The van der Waals surface area contributed by atoms with Crippen LogP contribution in [-0.4, -0.2) is 6.79 Å². The highest BCUT2D eigenvalue weighted by Crippen LogP contribution is 2.42. The number of benzene rings is 1. The highest BCUT2D eigenvalue weighted by Gasteiger charge is 2.29. The first-order valence-electron chi connectivity index (χ1n) is 4.31. The zero-order chi connectivity index (χ0) is 7.97. The predicted molar refractivity (Wildman–Crippen MR) is 44.1 cm³/mol. The summed E-state index contributed by atoms with van der Waals surface area (Å²) < 4.78 is 10.9. The Labute approximate surface area is 71.1 Å². The van der Waals surface area contributed by atoms with E-state index in [1.807, 2.05) is 6.07 Å². The van der Waals surface area contributed by atoms with E-state index in [4.69, 9.17) is 9.47 Å². The SMILES string of the molecule is c1cc2c3c(c1)OCOC3CC2. The van der Waals surface area contributed by atoms with E-state index in [0.717, 1.165) is 18.6 Å². The maximum Gasteiger partial charge on any atom is 0.189 e. The lowest BCUT2D eigenvalue weighted by molar-refractivity contribution is -0.0572. The third-order valence-corrected chi connectivity index (χ3v) is 2.64. The molecule has 0 amide bonds. The lowest BCUT2D eigenvalue weighted by Crippen LogP contribution is -2.14. The van der Waals surface area contributed by atoms with Gasteiger partial charge in [-0.2, -0.15) is 0 Å². The largest absolute Gasteiger partial charge is 0.467 e. The second-order valence-corrected chi connectivity index (χ2v) is 3.29. The maximum absolute atomic E-state index is 5.48. The van der Waals surface area contributed by atoms with E-state index < -0.39 is 0 Å². The fraction of sp³-hybridized carbons (Fsp3) is 0.400. The molecule has 0 fully saturated rings. The zero-order valence-electron chi connectivity index (χ0n) is 6.75. The monoisotopic (exact) mass is 162 g/mol. The van der Waals surface area contributed by atoms with Crippen molar-refractivity contribution in [2.75, 3.05) is 6.79 Å². The van der Waals surface area contributed by atoms with Crippen molar-refractivity contribution in [1.82, 2.24) is 0 Å². The van der Waals surface area contributed by atoms with Crippen LogP contribution in [0.5, 0.6) is 5.75 Å². The Morgan fingerprint density at radius 3 is 3.33 bits per heavy atom. The van der Waals surface area contributed by atoms with Crippen LogP contribution in [0.3, 0.4) is 0 Å². The van der Waals surface area contributed by atoms with Gasteiger partial charge in [-0.1, -0.05) is 12.1 Å². The Morgan fingerprint density at radius 2 is 2.33 bits per heavy atom. The van der Waals surface area contributed by atoms with Crippen molar-refractivity contribution in [2.24, 2.45) is 0 Å². The van der Waals surface area contributed by atoms with Crippen LogP contribution in [0.4, 0.5) is 0 Å². The summed E-state index contributed by atoms with van der Waals surface area (Å²) in [5.41, 5.74) is 2.70. The van der Waals surface area contributed by atoms with Crippen LogP contribution in [0.25, 0.3) is 0 Å². The molecule has 62 valence electrons. The Hall–Kier alpha value is -1.02. The van der Waals surface area contributed by atoms with E-state index in [1.54, 1.807) is 0 Å². The van der Waals surface area contributed by atoms with E-state index >= 15 is 0 Å². The molecule has 1 unspecified atom stereocenters. The topological polar surface area (TPSA) is 18.5 Å². The quantitative estimate of drug-likeness (QED) is 0.581. The summed E-state index contributed by atoms with van der Waals surface area (Å²) in [5.74, 6) is 1.03. The van der Waals surface area contributed by atoms with Crippen molar-refractivity contribution in [3.05, 3.63) is 29.3 Å². The first-order chi connectivity index (χ1) is 5.95. The average Bonchev–Trinajstić information content (AvgIpc) is 2.52. The molecule has 0 N–H and O–H groups in total. The number of hydrogen-bond acceptors (Lipinski definition) is 2. The molecule has 1 aromatic carbocycles. The van der Waals surface area contributed by atoms with E-state index in [-0.39, 0.29) is 0 Å². The summed E-state index contributed by atoms with van der Waals surface area (Å²) in [6, 6.07) is 6.25. The van der Waals surface area contributed by atoms with Gasteiger partial charge in [0.2, 0.25) is 0 Å². The van der Waals surface area contributed by atoms with E-state index in [2.05, 4.69) is 12.1 Å². The minimum atomic E-state index is 0.310. The molecule has 2 heteroatoms. The second-order valence-electron chi connectivity index (χ2n) is 3.29. The normalized spacial score (nSPS) is 24.8. The molecule has 0 radical (unpaired) electrons. The van der Waals surface area contributed by atoms with Gasteiger partial charge in [-0.3, -0.25) is 0 Å². The molecule has 0 saturated heterocycles. The lowest BCUT2D eigenvalue weighted by Gasteiger charge is -2.22. The van der Waals surface area contributed by atoms with Crippen LogP contribution in [0.2, 0.25) is 0 Å². The first kappa shape index (κ1) is 6.49. The van der Waals surface area contributed by atoms with E-state index in [9.17, 15) is 0 Å². The molecule has 12 heavy (non-hydrogen) atoms. The van der Waals surface area contributed by atoms with E-state index in [1.165, 1.54) is 11.1 Å². The smallest absolute Gasteiger partial charge is 0.189 e. The maximum atomic E-state index is 5.48. The van der Waals surface area contributed by atoms with Crippen LogP contribution in [0, 0.1) is 0 Å². The van der Waals surface area contributed by atoms with Crippen molar-refractivity contribution in [2.45, 2.75) is 18.9 Å². The lowest BCUT2D eigenvalue weighted by atomic mass is 10.1. The second kappa shape index (κ2) is 2.23. The van der Waals surface area contributed by atoms with Crippen molar-refractivity contribution < 1.29 is 9.47 Å². The molecule has 1 atom stereocenters. The number of ether oxygens (including phenoxy) is 2. The minimum Gasteiger partial charge on any atom is -0.467 e. The predicted octanol–water partition coefficient (Wildman–Crippen LogP) is 2.04. The Morgan fingerprint density at radius 1 is 1.33 bits per heavy atom. The summed E-state index contributed by atoms with van der Waals surface area (Å²) in [7, 11) is 0. The Kier molecular flexibility index (Phi) is 1.21. The summed E-state index contributed by atoms with van der Waals surface area (Å²) in [4.78, 5) is 0. The average molecular weight is 162 g/mol. The van der Waals surface area contributed by atoms with Gasteiger partial charge in [-0.25, -0.2) is 0 Å². The fourth-order valence-corrected chi connectivity index (χ4v) is 2.08. The van der Waals surface area contributed by atoms with Gasteiger partial charge >= 0.3 is 0 Å². The standard InChI is InChI=1S/C10H10O2/c1-2-7-4-5-9-10(7)8(3-1)11-6-12-9/h1-3,9H,4-6H2. The molecular weight excluding hydrogens is 152 g/mol. The molecule has 0 spiro atoms. The third-order valence-electron chi connectivity index (χ3n) is 2.64. The molecule has 1 heterocycles. The van der Waals surface area contributed by atoms with Gasteiger partial charge in [-0.05, 0) is 24.5 Å². The molecular formula is C10H10O2. The van der Waals surface area contributed by atoms with Crippen LogP contribution < -0.4 is 4.74 Å². The molecule has 1 aliphatic heterocycles. The highest BCUT2D eigenvalue weighted by molar-refractivity contribution is 5.45. The van der Waals surface area contributed by atoms with Crippen LogP contribution >= 0.6 is 0 Å². The number of rotatable bonds is 0.